The van der Waals surface area contributed by atoms with E-state index in [1.165, 1.54) is 5.56 Å². The highest BCUT2D eigenvalue weighted by Gasteiger charge is 2.19. The Balaban J connectivity index is 1.83. The van der Waals surface area contributed by atoms with Gasteiger partial charge in [-0.1, -0.05) is 41.9 Å². The van der Waals surface area contributed by atoms with Crippen LogP contribution in [0.4, 0.5) is 0 Å². The second-order valence-corrected chi connectivity index (χ2v) is 6.31. The van der Waals surface area contributed by atoms with Gasteiger partial charge in [-0.15, -0.1) is 0 Å². The van der Waals surface area contributed by atoms with Crippen molar-refractivity contribution in [3.63, 3.8) is 0 Å². The summed E-state index contributed by atoms with van der Waals surface area (Å²) in [5.41, 5.74) is 3.97. The molecule has 0 fully saturated rings. The summed E-state index contributed by atoms with van der Waals surface area (Å²) in [4.78, 5) is 12.7. The normalized spacial score (nSPS) is 11.0. The molecule has 0 atom stereocenters. The Labute approximate surface area is 147 Å². The van der Waals surface area contributed by atoms with E-state index in [1.54, 1.807) is 0 Å². The number of rotatable bonds is 5. The fraction of sp³-hybridized carbons (Fsp3) is 0.250. The van der Waals surface area contributed by atoms with Crippen LogP contribution in [0.25, 0.3) is 10.9 Å². The summed E-state index contributed by atoms with van der Waals surface area (Å²) < 4.78 is 2.05. The van der Waals surface area contributed by atoms with Crippen molar-refractivity contribution in [1.29, 1.82) is 0 Å². The zero-order chi connectivity index (χ0) is 17.1. The highest BCUT2D eigenvalue weighted by molar-refractivity contribution is 6.31. The highest BCUT2D eigenvalue weighted by atomic mass is 35.5. The first-order valence-electron chi connectivity index (χ1n) is 8.22. The van der Waals surface area contributed by atoms with E-state index in [2.05, 4.69) is 22.0 Å². The molecule has 0 radical (unpaired) electrons. The third kappa shape index (κ3) is 3.17. The number of nitrogens with one attached hydrogen (secondary N) is 1. The number of aryl methyl sites for hydroxylation is 2. The Morgan fingerprint density at radius 2 is 1.92 bits per heavy atom. The van der Waals surface area contributed by atoms with E-state index >= 15 is 0 Å². The van der Waals surface area contributed by atoms with Gasteiger partial charge in [0.25, 0.3) is 5.91 Å². The Bertz CT molecular complexity index is 868. The number of amides is 1. The molecular formula is C20H21ClN2O. The maximum Gasteiger partial charge on any atom is 0.268 e. The minimum atomic E-state index is -0.0300. The van der Waals surface area contributed by atoms with Crippen LogP contribution < -0.4 is 5.32 Å². The molecular weight excluding hydrogens is 320 g/mol. The number of hydrogen-bond acceptors (Lipinski definition) is 1. The Morgan fingerprint density at radius 1 is 1.17 bits per heavy atom. The van der Waals surface area contributed by atoms with Gasteiger partial charge in [-0.2, -0.15) is 0 Å². The summed E-state index contributed by atoms with van der Waals surface area (Å²) in [7, 11) is 0. The van der Waals surface area contributed by atoms with Crippen LogP contribution in [0.5, 0.6) is 0 Å². The molecule has 24 heavy (non-hydrogen) atoms. The first-order valence-corrected chi connectivity index (χ1v) is 8.60. The molecule has 0 aliphatic carbocycles. The Kier molecular flexibility index (Phi) is 4.91. The minimum Gasteiger partial charge on any atom is -0.350 e. The lowest BCUT2D eigenvalue weighted by Crippen LogP contribution is -2.28. The van der Waals surface area contributed by atoms with E-state index in [-0.39, 0.29) is 5.91 Å². The average molecular weight is 341 g/mol. The van der Waals surface area contributed by atoms with Gasteiger partial charge < -0.3 is 9.88 Å². The maximum atomic E-state index is 12.7. The number of benzene rings is 2. The topological polar surface area (TPSA) is 34.0 Å². The van der Waals surface area contributed by atoms with Crippen molar-refractivity contribution in [3.05, 3.63) is 70.4 Å². The molecule has 0 bridgehead atoms. The summed E-state index contributed by atoms with van der Waals surface area (Å²) in [6.07, 6.45) is 0.823. The van der Waals surface area contributed by atoms with Crippen LogP contribution >= 0.6 is 11.6 Å². The van der Waals surface area contributed by atoms with Crippen LogP contribution in [0, 0.1) is 6.92 Å². The number of carbonyl (C=O) groups excluding carboxylic acids is 1. The van der Waals surface area contributed by atoms with Crippen LogP contribution in [0.3, 0.4) is 0 Å². The Hall–Kier alpha value is -2.26. The standard InChI is InChI=1S/C20H21ClN2O/c1-3-23-18-10-9-16(21)13-17(18)14(2)19(23)20(24)22-12-11-15-7-5-4-6-8-15/h4-10,13H,3,11-12H2,1-2H3,(H,22,24). The first kappa shape index (κ1) is 16.6. The van der Waals surface area contributed by atoms with Crippen molar-refractivity contribution >= 4 is 28.4 Å². The SMILES string of the molecule is CCn1c(C(=O)NCCc2ccccc2)c(C)c2cc(Cl)ccc21. The molecule has 1 N–H and O–H groups in total. The molecule has 1 aromatic heterocycles. The molecule has 2 aromatic carbocycles. The van der Waals surface area contributed by atoms with E-state index in [0.29, 0.717) is 11.6 Å². The summed E-state index contributed by atoms with van der Waals surface area (Å²) in [6, 6.07) is 15.9. The van der Waals surface area contributed by atoms with E-state index in [9.17, 15) is 4.79 Å². The van der Waals surface area contributed by atoms with Crippen molar-refractivity contribution < 1.29 is 4.79 Å². The van der Waals surface area contributed by atoms with Crippen molar-refractivity contribution in [2.75, 3.05) is 6.54 Å². The van der Waals surface area contributed by atoms with Crippen LogP contribution in [0.2, 0.25) is 5.02 Å². The zero-order valence-corrected chi connectivity index (χ0v) is 14.7. The molecule has 124 valence electrons. The fourth-order valence-corrected chi connectivity index (χ4v) is 3.34. The molecule has 0 saturated carbocycles. The van der Waals surface area contributed by atoms with Crippen LogP contribution in [-0.2, 0) is 13.0 Å². The van der Waals surface area contributed by atoms with Gasteiger partial charge in [-0.25, -0.2) is 0 Å². The molecule has 3 rings (SSSR count). The average Bonchev–Trinajstić information content (AvgIpc) is 2.87. The molecule has 3 nitrogen and oxygen atoms in total. The van der Waals surface area contributed by atoms with Gasteiger partial charge >= 0.3 is 0 Å². The van der Waals surface area contributed by atoms with Crippen molar-refractivity contribution in [3.8, 4) is 0 Å². The minimum absolute atomic E-state index is 0.0300. The van der Waals surface area contributed by atoms with E-state index in [0.717, 1.165) is 35.1 Å². The molecule has 0 aliphatic rings. The number of carbonyl (C=O) groups is 1. The molecule has 3 aromatic rings. The van der Waals surface area contributed by atoms with Gasteiger partial charge in [-0.3, -0.25) is 4.79 Å². The monoisotopic (exact) mass is 340 g/mol. The third-order valence-corrected chi connectivity index (χ3v) is 4.59. The zero-order valence-electron chi connectivity index (χ0n) is 14.0. The highest BCUT2D eigenvalue weighted by Crippen LogP contribution is 2.28. The lowest BCUT2D eigenvalue weighted by atomic mass is 10.1. The van der Waals surface area contributed by atoms with E-state index < -0.39 is 0 Å². The predicted octanol–water partition coefficient (Wildman–Crippen LogP) is 4.60. The van der Waals surface area contributed by atoms with E-state index in [4.69, 9.17) is 11.6 Å². The van der Waals surface area contributed by atoms with Crippen LogP contribution in [0.1, 0.15) is 28.5 Å². The number of aromatic nitrogens is 1. The molecule has 1 heterocycles. The molecule has 1 amide bonds. The summed E-state index contributed by atoms with van der Waals surface area (Å²) in [5.74, 6) is -0.0300. The smallest absolute Gasteiger partial charge is 0.268 e. The lowest BCUT2D eigenvalue weighted by molar-refractivity contribution is 0.0945. The quantitative estimate of drug-likeness (QED) is 0.723. The van der Waals surface area contributed by atoms with Gasteiger partial charge in [-0.05, 0) is 49.6 Å². The van der Waals surface area contributed by atoms with Gasteiger partial charge in [0.1, 0.15) is 5.69 Å². The lowest BCUT2D eigenvalue weighted by Gasteiger charge is -2.10. The van der Waals surface area contributed by atoms with Crippen molar-refractivity contribution in [1.82, 2.24) is 9.88 Å². The Morgan fingerprint density at radius 3 is 2.62 bits per heavy atom. The molecule has 0 unspecified atom stereocenters. The number of nitrogens with zero attached hydrogens (tertiary/aromatic N) is 1. The predicted molar refractivity (Wildman–Crippen MR) is 99.8 cm³/mol. The number of halogens is 1. The van der Waals surface area contributed by atoms with Crippen molar-refractivity contribution in [2.24, 2.45) is 0 Å². The van der Waals surface area contributed by atoms with Crippen LogP contribution in [-0.4, -0.2) is 17.0 Å². The summed E-state index contributed by atoms with van der Waals surface area (Å²) >= 11 is 6.12. The molecule has 0 saturated heterocycles. The van der Waals surface area contributed by atoms with E-state index in [1.807, 2.05) is 50.2 Å². The molecule has 0 aliphatic heterocycles. The van der Waals surface area contributed by atoms with Crippen LogP contribution in [0.15, 0.2) is 48.5 Å². The largest absolute Gasteiger partial charge is 0.350 e. The third-order valence-electron chi connectivity index (χ3n) is 4.35. The van der Waals surface area contributed by atoms with Crippen molar-refractivity contribution in [2.45, 2.75) is 26.8 Å². The van der Waals surface area contributed by atoms with Gasteiger partial charge in [0, 0.05) is 29.0 Å². The van der Waals surface area contributed by atoms with Gasteiger partial charge in [0.05, 0.1) is 0 Å². The maximum absolute atomic E-state index is 12.7. The molecule has 0 spiro atoms. The fourth-order valence-electron chi connectivity index (χ4n) is 3.16. The van der Waals surface area contributed by atoms with Gasteiger partial charge in [0.15, 0.2) is 0 Å². The first-order chi connectivity index (χ1) is 11.6. The second kappa shape index (κ2) is 7.10. The number of hydrogen-bond donors (Lipinski definition) is 1. The summed E-state index contributed by atoms with van der Waals surface area (Å²) in [5, 5.41) is 4.77. The number of fused-ring (bicyclic) bond motifs is 1. The summed E-state index contributed by atoms with van der Waals surface area (Å²) in [6.45, 7) is 5.40. The molecule has 4 heteroatoms. The second-order valence-electron chi connectivity index (χ2n) is 5.87. The van der Waals surface area contributed by atoms with Gasteiger partial charge in [0.2, 0.25) is 0 Å².